The Bertz CT molecular complexity index is 1540. The van der Waals surface area contributed by atoms with Crippen molar-refractivity contribution >= 4 is 28.7 Å². The number of fused-ring (bicyclic) bond motifs is 1. The summed E-state index contributed by atoms with van der Waals surface area (Å²) in [6, 6.07) is 34.1. The second-order valence-corrected chi connectivity index (χ2v) is 12.5. The van der Waals surface area contributed by atoms with Gasteiger partial charge in [-0.15, -0.1) is 0 Å². The summed E-state index contributed by atoms with van der Waals surface area (Å²) in [7, 11) is 1.68. The number of hydrogen-bond acceptors (Lipinski definition) is 3. The number of rotatable bonds is 6. The molecule has 0 bridgehead atoms. The van der Waals surface area contributed by atoms with E-state index in [1.165, 1.54) is 11.1 Å². The number of nitrogens with zero attached hydrogens (tertiary/aromatic N) is 1. The molecular weight excluding hydrogens is 489 g/mol. The molecule has 5 rings (SSSR count). The third kappa shape index (κ3) is 5.77. The molecule has 202 valence electrons. The van der Waals surface area contributed by atoms with Gasteiger partial charge in [-0.1, -0.05) is 114 Å². The lowest BCUT2D eigenvalue weighted by molar-refractivity contribution is 0.415. The molecule has 0 fully saturated rings. The van der Waals surface area contributed by atoms with Gasteiger partial charge in [-0.25, -0.2) is 0 Å². The Kier molecular flexibility index (Phi) is 7.46. The maximum Gasteiger partial charge on any atom is 0.426 e. The Morgan fingerprint density at radius 2 is 1.18 bits per heavy atom. The smallest absolute Gasteiger partial charge is 0.426 e. The first-order valence-electron chi connectivity index (χ1n) is 13.9. The molecule has 0 radical (unpaired) electrons. The van der Waals surface area contributed by atoms with E-state index in [0.717, 1.165) is 44.5 Å². The molecule has 3 nitrogen and oxygen atoms in total. The second kappa shape index (κ2) is 10.8. The van der Waals surface area contributed by atoms with E-state index in [1.54, 1.807) is 7.11 Å². The van der Waals surface area contributed by atoms with Crippen molar-refractivity contribution in [2.45, 2.75) is 52.4 Å². The molecule has 0 aliphatic rings. The van der Waals surface area contributed by atoms with E-state index >= 15 is 0 Å². The summed E-state index contributed by atoms with van der Waals surface area (Å²) in [6.45, 7) is 13.2. The molecule has 0 unspecified atom stereocenters. The van der Waals surface area contributed by atoms with E-state index in [1.807, 2.05) is 24.4 Å². The van der Waals surface area contributed by atoms with Crippen molar-refractivity contribution in [3.8, 4) is 22.6 Å². The van der Waals surface area contributed by atoms with Crippen molar-refractivity contribution in [1.82, 2.24) is 4.98 Å². The predicted octanol–water partition coefficient (Wildman–Crippen LogP) is 7.69. The van der Waals surface area contributed by atoms with Crippen LogP contribution in [0.3, 0.4) is 0 Å². The predicted molar refractivity (Wildman–Crippen MR) is 170 cm³/mol. The minimum atomic E-state index is -0.278. The Hall–Kier alpha value is -4.05. The molecule has 0 saturated heterocycles. The third-order valence-corrected chi connectivity index (χ3v) is 7.54. The first kappa shape index (κ1) is 27.5. The lowest BCUT2D eigenvalue weighted by atomic mass is 9.55. The number of ether oxygens (including phenoxy) is 1. The molecule has 0 amide bonds. The van der Waals surface area contributed by atoms with Crippen molar-refractivity contribution in [1.29, 1.82) is 0 Å². The lowest BCUT2D eigenvalue weighted by Gasteiger charge is -2.23. The average molecular weight is 528 g/mol. The van der Waals surface area contributed by atoms with Gasteiger partial charge in [0.05, 0.1) is 7.11 Å². The number of benzene rings is 4. The van der Waals surface area contributed by atoms with Crippen LogP contribution in [0.1, 0.15) is 52.7 Å². The van der Waals surface area contributed by atoms with Crippen molar-refractivity contribution in [3.05, 3.63) is 114 Å². The highest BCUT2D eigenvalue weighted by Gasteiger charge is 2.27. The standard InChI is InChI=1S/C36H38BNO2/c1-35(2,3)26-12-16-28(17-13-26)37(29-18-14-27(15-19-29)36(4,5)6)40-33-23-22-31(32-9-8-24-38-34(32)33)25-10-20-30(39-7)21-11-25/h8-24H,1-7H3. The van der Waals surface area contributed by atoms with Crippen LogP contribution in [-0.2, 0) is 10.8 Å². The molecule has 5 aromatic rings. The maximum absolute atomic E-state index is 6.90. The molecular formula is C36H38BNO2. The van der Waals surface area contributed by atoms with Crippen molar-refractivity contribution in [3.63, 3.8) is 0 Å². The zero-order valence-electron chi connectivity index (χ0n) is 24.7. The zero-order valence-corrected chi connectivity index (χ0v) is 24.7. The quantitative estimate of drug-likeness (QED) is 0.212. The lowest BCUT2D eigenvalue weighted by Crippen LogP contribution is -2.47. The van der Waals surface area contributed by atoms with Gasteiger partial charge in [-0.05, 0) is 68.3 Å². The Morgan fingerprint density at radius 1 is 0.625 bits per heavy atom. The highest BCUT2D eigenvalue weighted by molar-refractivity contribution is 6.80. The molecule has 0 spiro atoms. The number of pyridine rings is 1. The molecule has 4 heteroatoms. The number of methoxy groups -OCH3 is 1. The molecule has 1 aromatic heterocycles. The summed E-state index contributed by atoms with van der Waals surface area (Å²) in [5, 5.41) is 1.05. The van der Waals surface area contributed by atoms with Gasteiger partial charge < -0.3 is 9.39 Å². The molecule has 0 saturated carbocycles. The summed E-state index contributed by atoms with van der Waals surface area (Å²) < 4.78 is 12.3. The van der Waals surface area contributed by atoms with Crippen LogP contribution < -0.4 is 20.3 Å². The maximum atomic E-state index is 6.90. The number of hydrogen-bond donors (Lipinski definition) is 0. The van der Waals surface area contributed by atoms with Gasteiger partial charge in [0.1, 0.15) is 17.0 Å². The normalized spacial score (nSPS) is 11.9. The van der Waals surface area contributed by atoms with Crippen LogP contribution in [0.4, 0.5) is 0 Å². The highest BCUT2D eigenvalue weighted by atomic mass is 16.5. The summed E-state index contributed by atoms with van der Waals surface area (Å²) >= 11 is 0. The van der Waals surface area contributed by atoms with Crippen molar-refractivity contribution < 1.29 is 9.39 Å². The van der Waals surface area contributed by atoms with Crippen LogP contribution >= 0.6 is 0 Å². The van der Waals surface area contributed by atoms with Gasteiger partial charge in [0, 0.05) is 11.6 Å². The van der Waals surface area contributed by atoms with E-state index in [2.05, 4.69) is 120 Å². The van der Waals surface area contributed by atoms with Crippen LogP contribution in [0.25, 0.3) is 22.0 Å². The molecule has 40 heavy (non-hydrogen) atoms. The van der Waals surface area contributed by atoms with Gasteiger partial charge in [0.2, 0.25) is 0 Å². The summed E-state index contributed by atoms with van der Waals surface area (Å²) in [5.41, 5.74) is 8.05. The minimum Gasteiger partial charge on any atom is -0.550 e. The SMILES string of the molecule is COc1ccc(-c2ccc(OB(c3ccc(C(C)(C)C)cc3)c3ccc(C(C)(C)C)cc3)c3ncccc23)cc1. The molecule has 0 N–H and O–H groups in total. The van der Waals surface area contributed by atoms with Gasteiger partial charge in [0.15, 0.2) is 0 Å². The molecule has 0 aliphatic heterocycles. The average Bonchev–Trinajstić information content (AvgIpc) is 2.95. The fourth-order valence-electron chi connectivity index (χ4n) is 5.04. The highest BCUT2D eigenvalue weighted by Crippen LogP contribution is 2.34. The Balaban J connectivity index is 1.58. The van der Waals surface area contributed by atoms with E-state index in [4.69, 9.17) is 14.4 Å². The van der Waals surface area contributed by atoms with E-state index in [-0.39, 0.29) is 17.7 Å². The van der Waals surface area contributed by atoms with Gasteiger partial charge in [-0.2, -0.15) is 0 Å². The van der Waals surface area contributed by atoms with Gasteiger partial charge >= 0.3 is 6.92 Å². The van der Waals surface area contributed by atoms with E-state index in [9.17, 15) is 0 Å². The second-order valence-electron chi connectivity index (χ2n) is 12.5. The minimum absolute atomic E-state index is 0.0840. The van der Waals surface area contributed by atoms with Gasteiger partial charge in [0.25, 0.3) is 0 Å². The molecule has 0 aliphatic carbocycles. The number of aromatic nitrogens is 1. The van der Waals surface area contributed by atoms with Crippen molar-refractivity contribution in [2.24, 2.45) is 0 Å². The van der Waals surface area contributed by atoms with Crippen LogP contribution in [0, 0.1) is 0 Å². The fourth-order valence-corrected chi connectivity index (χ4v) is 5.04. The molecule has 0 atom stereocenters. The largest absolute Gasteiger partial charge is 0.550 e. The summed E-state index contributed by atoms with van der Waals surface area (Å²) in [4.78, 5) is 4.78. The first-order valence-corrected chi connectivity index (χ1v) is 13.9. The van der Waals surface area contributed by atoms with Crippen LogP contribution in [0.2, 0.25) is 0 Å². The van der Waals surface area contributed by atoms with Crippen LogP contribution in [0.5, 0.6) is 11.5 Å². The Morgan fingerprint density at radius 3 is 1.68 bits per heavy atom. The van der Waals surface area contributed by atoms with E-state index in [0.29, 0.717) is 0 Å². The van der Waals surface area contributed by atoms with Crippen LogP contribution in [-0.4, -0.2) is 19.0 Å². The molecule has 1 heterocycles. The monoisotopic (exact) mass is 527 g/mol. The van der Waals surface area contributed by atoms with Crippen molar-refractivity contribution in [2.75, 3.05) is 7.11 Å². The summed E-state index contributed by atoms with van der Waals surface area (Å²) in [5.74, 6) is 1.60. The zero-order chi connectivity index (χ0) is 28.5. The fraction of sp³-hybridized carbons (Fsp3) is 0.250. The van der Waals surface area contributed by atoms with Gasteiger partial charge in [-0.3, -0.25) is 4.98 Å². The summed E-state index contributed by atoms with van der Waals surface area (Å²) in [6.07, 6.45) is 1.83. The Labute approximate surface area is 239 Å². The van der Waals surface area contributed by atoms with Crippen LogP contribution in [0.15, 0.2) is 103 Å². The van der Waals surface area contributed by atoms with E-state index < -0.39 is 0 Å². The third-order valence-electron chi connectivity index (χ3n) is 7.54. The topological polar surface area (TPSA) is 31.4 Å². The molecule has 4 aromatic carbocycles. The first-order chi connectivity index (χ1) is 19.0.